The molecule has 0 spiro atoms. The van der Waals surface area contributed by atoms with Crippen LogP contribution in [0.2, 0.25) is 0 Å². The molecule has 3 fully saturated rings. The molecule has 1 aromatic carbocycles. The third-order valence-electron chi connectivity index (χ3n) is 5.32. The van der Waals surface area contributed by atoms with E-state index in [1.54, 1.807) is 5.56 Å². The van der Waals surface area contributed by atoms with Gasteiger partial charge in [-0.05, 0) is 36.3 Å². The van der Waals surface area contributed by atoms with Gasteiger partial charge in [0, 0.05) is 51.9 Å². The van der Waals surface area contributed by atoms with Crippen molar-refractivity contribution < 1.29 is 0 Å². The van der Waals surface area contributed by atoms with Crippen LogP contribution in [0.1, 0.15) is 36.3 Å². The van der Waals surface area contributed by atoms with Crippen LogP contribution in [0.15, 0.2) is 24.3 Å². The molecule has 0 bridgehead atoms. The number of piperazine rings is 1. The maximum absolute atomic E-state index is 3.46. The summed E-state index contributed by atoms with van der Waals surface area (Å²) in [6.07, 6.45) is 4.15. The van der Waals surface area contributed by atoms with Gasteiger partial charge in [0.15, 0.2) is 0 Å². The van der Waals surface area contributed by atoms with Gasteiger partial charge in [-0.2, -0.15) is 0 Å². The van der Waals surface area contributed by atoms with Gasteiger partial charge < -0.3 is 5.32 Å². The lowest BCUT2D eigenvalue weighted by molar-refractivity contribution is 0.170. The Morgan fingerprint density at radius 1 is 1.05 bits per heavy atom. The molecule has 1 N–H and O–H groups in total. The van der Waals surface area contributed by atoms with Crippen molar-refractivity contribution in [3.05, 3.63) is 35.4 Å². The molecular weight excluding hydrogens is 258 g/mol. The summed E-state index contributed by atoms with van der Waals surface area (Å²) in [5, 5.41) is 3.46. The highest BCUT2D eigenvalue weighted by Crippen LogP contribution is 2.40. The first-order valence-electron chi connectivity index (χ1n) is 8.64. The van der Waals surface area contributed by atoms with Crippen molar-refractivity contribution >= 4 is 0 Å². The smallest absolute Gasteiger partial charge is 0.0236 e. The summed E-state index contributed by atoms with van der Waals surface area (Å²) in [5.41, 5.74) is 3.09. The number of nitrogens with one attached hydrogen (secondary N) is 1. The third kappa shape index (κ3) is 3.31. The lowest BCUT2D eigenvalue weighted by Crippen LogP contribution is -2.49. The van der Waals surface area contributed by atoms with Crippen molar-refractivity contribution in [3.8, 4) is 0 Å². The second-order valence-electron chi connectivity index (χ2n) is 6.98. The monoisotopic (exact) mass is 285 g/mol. The van der Waals surface area contributed by atoms with Crippen molar-refractivity contribution in [2.45, 2.75) is 37.8 Å². The van der Waals surface area contributed by atoms with Gasteiger partial charge in [-0.25, -0.2) is 0 Å². The van der Waals surface area contributed by atoms with Gasteiger partial charge in [-0.3, -0.25) is 9.80 Å². The van der Waals surface area contributed by atoms with E-state index in [-0.39, 0.29) is 0 Å². The zero-order valence-electron chi connectivity index (χ0n) is 12.9. The first-order valence-corrected chi connectivity index (χ1v) is 8.64. The second kappa shape index (κ2) is 6.07. The van der Waals surface area contributed by atoms with Crippen LogP contribution in [0.4, 0.5) is 0 Å². The first kappa shape index (κ1) is 13.7. The Morgan fingerprint density at radius 2 is 1.90 bits per heavy atom. The number of nitrogens with zero attached hydrogens (tertiary/aromatic N) is 2. The van der Waals surface area contributed by atoms with E-state index in [4.69, 9.17) is 0 Å². The first-order chi connectivity index (χ1) is 10.4. The molecule has 3 aliphatic rings. The fourth-order valence-electron chi connectivity index (χ4n) is 3.92. The van der Waals surface area contributed by atoms with E-state index >= 15 is 0 Å². The van der Waals surface area contributed by atoms with Crippen molar-refractivity contribution in [1.82, 2.24) is 15.1 Å². The Bertz CT molecular complexity index is 477. The Kier molecular flexibility index (Phi) is 3.97. The van der Waals surface area contributed by atoms with E-state index in [9.17, 15) is 0 Å². The molecule has 0 aromatic heterocycles. The SMILES string of the molecule is c1cc(CN2CCC(N3CCNCC3)C2)cc(C2CC2)c1. The van der Waals surface area contributed by atoms with Crippen LogP contribution in [-0.4, -0.2) is 55.1 Å². The zero-order chi connectivity index (χ0) is 14.1. The van der Waals surface area contributed by atoms with Crippen LogP contribution in [0.3, 0.4) is 0 Å². The highest BCUT2D eigenvalue weighted by Gasteiger charge is 2.28. The Balaban J connectivity index is 1.34. The van der Waals surface area contributed by atoms with Gasteiger partial charge in [0.05, 0.1) is 0 Å². The van der Waals surface area contributed by atoms with Crippen molar-refractivity contribution in [3.63, 3.8) is 0 Å². The number of rotatable bonds is 4. The van der Waals surface area contributed by atoms with Crippen LogP contribution in [0.5, 0.6) is 0 Å². The lowest BCUT2D eigenvalue weighted by Gasteiger charge is -2.32. The molecule has 0 radical (unpaired) electrons. The molecule has 4 rings (SSSR count). The van der Waals surface area contributed by atoms with Crippen LogP contribution in [0.25, 0.3) is 0 Å². The topological polar surface area (TPSA) is 18.5 Å². The number of hydrogen-bond donors (Lipinski definition) is 1. The predicted octanol–water partition coefficient (Wildman–Crippen LogP) is 2.04. The third-order valence-corrected chi connectivity index (χ3v) is 5.32. The fraction of sp³-hybridized carbons (Fsp3) is 0.667. The van der Waals surface area contributed by atoms with Gasteiger partial charge >= 0.3 is 0 Å². The van der Waals surface area contributed by atoms with Gasteiger partial charge in [0.2, 0.25) is 0 Å². The van der Waals surface area contributed by atoms with E-state index in [2.05, 4.69) is 39.4 Å². The van der Waals surface area contributed by atoms with E-state index in [1.165, 1.54) is 64.1 Å². The maximum Gasteiger partial charge on any atom is 0.0236 e. The van der Waals surface area contributed by atoms with E-state index in [0.717, 1.165) is 18.5 Å². The van der Waals surface area contributed by atoms with E-state index in [1.807, 2.05) is 0 Å². The molecule has 2 heterocycles. The summed E-state index contributed by atoms with van der Waals surface area (Å²) < 4.78 is 0. The summed E-state index contributed by atoms with van der Waals surface area (Å²) in [4.78, 5) is 5.34. The summed E-state index contributed by atoms with van der Waals surface area (Å²) in [6, 6.07) is 10.1. The van der Waals surface area contributed by atoms with Crippen LogP contribution >= 0.6 is 0 Å². The van der Waals surface area contributed by atoms with E-state index < -0.39 is 0 Å². The van der Waals surface area contributed by atoms with Gasteiger partial charge in [0.1, 0.15) is 0 Å². The fourth-order valence-corrected chi connectivity index (χ4v) is 3.92. The molecule has 21 heavy (non-hydrogen) atoms. The maximum atomic E-state index is 3.46. The summed E-state index contributed by atoms with van der Waals surface area (Å²) in [6.45, 7) is 8.46. The summed E-state index contributed by atoms with van der Waals surface area (Å²) >= 11 is 0. The number of likely N-dealkylation sites (tertiary alicyclic amines) is 1. The van der Waals surface area contributed by atoms with Crippen LogP contribution in [-0.2, 0) is 6.54 Å². The molecule has 2 saturated heterocycles. The normalized spacial score (nSPS) is 28.1. The lowest BCUT2D eigenvalue weighted by atomic mass is 10.1. The van der Waals surface area contributed by atoms with Crippen molar-refractivity contribution in [1.29, 1.82) is 0 Å². The van der Waals surface area contributed by atoms with Gasteiger partial charge in [-0.1, -0.05) is 24.3 Å². The minimum atomic E-state index is 0.790. The molecule has 1 aromatic rings. The minimum Gasteiger partial charge on any atom is -0.314 e. The average molecular weight is 285 g/mol. The van der Waals surface area contributed by atoms with Crippen molar-refractivity contribution in [2.75, 3.05) is 39.3 Å². The second-order valence-corrected chi connectivity index (χ2v) is 6.98. The van der Waals surface area contributed by atoms with Crippen molar-refractivity contribution in [2.24, 2.45) is 0 Å². The Labute approximate surface area is 128 Å². The molecule has 2 aliphatic heterocycles. The van der Waals surface area contributed by atoms with Crippen LogP contribution < -0.4 is 5.32 Å². The molecular formula is C18H27N3. The van der Waals surface area contributed by atoms with Crippen LogP contribution in [0, 0.1) is 0 Å². The zero-order valence-corrected chi connectivity index (χ0v) is 12.9. The summed E-state index contributed by atoms with van der Waals surface area (Å²) in [7, 11) is 0. The molecule has 114 valence electrons. The Hall–Kier alpha value is -0.900. The molecule has 0 amide bonds. The highest BCUT2D eigenvalue weighted by atomic mass is 15.3. The predicted molar refractivity (Wildman–Crippen MR) is 86.5 cm³/mol. The molecule has 3 heteroatoms. The molecule has 1 aliphatic carbocycles. The quantitative estimate of drug-likeness (QED) is 0.913. The van der Waals surface area contributed by atoms with Gasteiger partial charge in [0.25, 0.3) is 0 Å². The largest absolute Gasteiger partial charge is 0.314 e. The number of benzene rings is 1. The number of hydrogen-bond acceptors (Lipinski definition) is 3. The summed E-state index contributed by atoms with van der Waals surface area (Å²) in [5.74, 6) is 0.872. The van der Waals surface area contributed by atoms with E-state index in [0.29, 0.717) is 0 Å². The average Bonchev–Trinajstić information content (AvgIpc) is 3.29. The molecule has 1 unspecified atom stereocenters. The Morgan fingerprint density at radius 3 is 2.71 bits per heavy atom. The highest BCUT2D eigenvalue weighted by molar-refractivity contribution is 5.29. The standard InChI is InChI=1S/C18H27N3/c1-2-15(12-17(3-1)16-4-5-16)13-20-9-6-18(14-20)21-10-7-19-8-11-21/h1-3,12,16,18-19H,4-11,13-14H2. The molecule has 3 nitrogen and oxygen atoms in total. The van der Waals surface area contributed by atoms with Gasteiger partial charge in [-0.15, -0.1) is 0 Å². The molecule has 1 atom stereocenters. The minimum absolute atomic E-state index is 0.790. The molecule has 1 saturated carbocycles.